The maximum atomic E-state index is 6.76. The monoisotopic (exact) mass is 362 g/mol. The second kappa shape index (κ2) is 8.64. The molecule has 1 aromatic rings. The predicted octanol–water partition coefficient (Wildman–Crippen LogP) is 7.35. The molecule has 0 aromatic heterocycles. The van der Waals surface area contributed by atoms with E-state index in [2.05, 4.69) is 95.6 Å². The first-order valence-electron chi connectivity index (χ1n) is 9.33. The Labute approximate surface area is 152 Å². The van der Waals surface area contributed by atoms with E-state index < -0.39 is 16.4 Å². The summed E-state index contributed by atoms with van der Waals surface area (Å²) in [6.07, 6.45) is 6.07. The van der Waals surface area contributed by atoms with Crippen LogP contribution in [-0.2, 0) is 4.43 Å². The van der Waals surface area contributed by atoms with Crippen molar-refractivity contribution in [3.63, 3.8) is 0 Å². The predicted molar refractivity (Wildman–Crippen MR) is 114 cm³/mol. The van der Waals surface area contributed by atoms with Crippen LogP contribution in [-0.4, -0.2) is 16.4 Å². The van der Waals surface area contributed by atoms with Crippen LogP contribution in [0, 0.1) is 0 Å². The van der Waals surface area contributed by atoms with Crippen molar-refractivity contribution in [2.75, 3.05) is 0 Å². The van der Waals surface area contributed by atoms with Gasteiger partial charge in [0.15, 0.2) is 8.32 Å². The van der Waals surface area contributed by atoms with Crippen LogP contribution in [0.25, 0.3) is 0 Å². The van der Waals surface area contributed by atoms with Crippen LogP contribution in [0.15, 0.2) is 42.1 Å². The first-order chi connectivity index (χ1) is 10.9. The van der Waals surface area contributed by atoms with E-state index in [1.54, 1.807) is 0 Å². The highest BCUT2D eigenvalue weighted by Crippen LogP contribution is 2.40. The topological polar surface area (TPSA) is 9.23 Å². The SMILES string of the molecule is CC(C)(C)[Si](C)(C)O[C@H](CCC/C=C/[Si](C)(C)C)c1ccccc1. The summed E-state index contributed by atoms with van der Waals surface area (Å²) < 4.78 is 6.76. The highest BCUT2D eigenvalue weighted by atomic mass is 28.4. The van der Waals surface area contributed by atoms with Gasteiger partial charge in [-0.3, -0.25) is 0 Å². The molecular formula is C21H38OSi2. The van der Waals surface area contributed by atoms with Crippen molar-refractivity contribution in [2.24, 2.45) is 0 Å². The maximum Gasteiger partial charge on any atom is 0.192 e. The molecule has 0 aliphatic rings. The van der Waals surface area contributed by atoms with Crippen molar-refractivity contribution < 1.29 is 4.43 Å². The Morgan fingerprint density at radius 3 is 2.08 bits per heavy atom. The van der Waals surface area contributed by atoms with Gasteiger partial charge in [-0.1, -0.05) is 82.5 Å². The molecule has 0 saturated heterocycles. The normalized spacial score (nSPS) is 15.0. The van der Waals surface area contributed by atoms with Crippen molar-refractivity contribution in [2.45, 2.75) is 83.9 Å². The molecule has 0 amide bonds. The van der Waals surface area contributed by atoms with Gasteiger partial charge in [0.2, 0.25) is 0 Å². The van der Waals surface area contributed by atoms with Crippen LogP contribution < -0.4 is 0 Å². The zero-order chi connectivity index (χ0) is 18.4. The molecule has 0 unspecified atom stereocenters. The number of benzene rings is 1. The Kier molecular flexibility index (Phi) is 7.70. The lowest BCUT2D eigenvalue weighted by Crippen LogP contribution is -2.41. The molecule has 3 heteroatoms. The lowest BCUT2D eigenvalue weighted by atomic mass is 10.0. The molecule has 1 rings (SSSR count). The molecule has 0 spiro atoms. The number of rotatable bonds is 8. The highest BCUT2D eigenvalue weighted by Gasteiger charge is 2.39. The molecular weight excluding hydrogens is 324 g/mol. The van der Waals surface area contributed by atoms with Gasteiger partial charge < -0.3 is 4.43 Å². The standard InChI is InChI=1S/C21H38OSi2/c1-21(2,3)24(7,8)22-20(19-15-11-9-12-16-19)17-13-10-14-18-23(4,5)6/h9,11-12,14-16,18,20H,10,13,17H2,1-8H3/b18-14+/t20-/m1/s1. The third-order valence-electron chi connectivity index (χ3n) is 4.87. The zero-order valence-corrected chi connectivity index (χ0v) is 19.1. The first-order valence-corrected chi connectivity index (χ1v) is 15.8. The molecule has 0 radical (unpaired) electrons. The van der Waals surface area contributed by atoms with Crippen molar-refractivity contribution in [1.29, 1.82) is 0 Å². The van der Waals surface area contributed by atoms with Gasteiger partial charge in [0.05, 0.1) is 14.2 Å². The van der Waals surface area contributed by atoms with Crippen LogP contribution in [0.4, 0.5) is 0 Å². The Hall–Kier alpha value is -0.646. The molecule has 24 heavy (non-hydrogen) atoms. The van der Waals surface area contributed by atoms with Crippen LogP contribution in [0.5, 0.6) is 0 Å². The summed E-state index contributed by atoms with van der Waals surface area (Å²) in [7, 11) is -2.83. The van der Waals surface area contributed by atoms with Gasteiger partial charge in [-0.05, 0) is 43.0 Å². The molecule has 0 fully saturated rings. The van der Waals surface area contributed by atoms with Gasteiger partial charge in [0.25, 0.3) is 0 Å². The molecule has 0 heterocycles. The average Bonchev–Trinajstić information content (AvgIpc) is 2.44. The Bertz CT molecular complexity index is 507. The number of hydrogen-bond donors (Lipinski definition) is 0. The fraction of sp³-hybridized carbons (Fsp3) is 0.619. The van der Waals surface area contributed by atoms with Crippen LogP contribution in [0.1, 0.15) is 51.7 Å². The molecule has 136 valence electrons. The average molecular weight is 363 g/mol. The lowest BCUT2D eigenvalue weighted by molar-refractivity contribution is 0.171. The van der Waals surface area contributed by atoms with Gasteiger partial charge in [0, 0.05) is 0 Å². The number of allylic oxidation sites excluding steroid dienone is 1. The van der Waals surface area contributed by atoms with Crippen molar-refractivity contribution in [1.82, 2.24) is 0 Å². The summed E-state index contributed by atoms with van der Waals surface area (Å²) in [4.78, 5) is 0. The molecule has 1 aromatic carbocycles. The quantitative estimate of drug-likeness (QED) is 0.347. The molecule has 0 saturated carbocycles. The van der Waals surface area contributed by atoms with E-state index >= 15 is 0 Å². The lowest BCUT2D eigenvalue weighted by Gasteiger charge is -2.39. The van der Waals surface area contributed by atoms with E-state index in [1.807, 2.05) is 0 Å². The van der Waals surface area contributed by atoms with Crippen molar-refractivity contribution in [3.05, 3.63) is 47.7 Å². The third kappa shape index (κ3) is 7.50. The van der Waals surface area contributed by atoms with E-state index in [0.717, 1.165) is 12.8 Å². The third-order valence-corrected chi connectivity index (χ3v) is 10.6. The summed E-state index contributed by atoms with van der Waals surface area (Å²) in [6.45, 7) is 18.8. The fourth-order valence-corrected chi connectivity index (χ4v) is 4.54. The van der Waals surface area contributed by atoms with E-state index in [0.29, 0.717) is 0 Å². The second-order valence-corrected chi connectivity index (χ2v) is 19.3. The highest BCUT2D eigenvalue weighted by molar-refractivity contribution is 6.80. The summed E-state index contributed by atoms with van der Waals surface area (Å²) >= 11 is 0. The maximum absolute atomic E-state index is 6.76. The summed E-state index contributed by atoms with van der Waals surface area (Å²) in [5, 5.41) is 0.248. The minimum atomic E-state index is -1.76. The molecule has 0 bridgehead atoms. The van der Waals surface area contributed by atoms with Gasteiger partial charge in [0.1, 0.15) is 0 Å². The Morgan fingerprint density at radius 2 is 1.58 bits per heavy atom. The van der Waals surface area contributed by atoms with E-state index in [1.165, 1.54) is 12.0 Å². The van der Waals surface area contributed by atoms with Crippen LogP contribution in [0.3, 0.4) is 0 Å². The summed E-state index contributed by atoms with van der Waals surface area (Å²) in [5.74, 6) is 0. The van der Waals surface area contributed by atoms with E-state index in [9.17, 15) is 0 Å². The molecule has 0 N–H and O–H groups in total. The molecule has 0 aliphatic heterocycles. The Balaban J connectivity index is 2.76. The van der Waals surface area contributed by atoms with Gasteiger partial charge in [-0.2, -0.15) is 0 Å². The minimum Gasteiger partial charge on any atom is -0.410 e. The minimum absolute atomic E-state index is 0.229. The smallest absolute Gasteiger partial charge is 0.192 e. The summed E-state index contributed by atoms with van der Waals surface area (Å²) in [6, 6.07) is 10.8. The molecule has 0 aliphatic carbocycles. The largest absolute Gasteiger partial charge is 0.410 e. The summed E-state index contributed by atoms with van der Waals surface area (Å²) in [5.41, 5.74) is 3.79. The fourth-order valence-electron chi connectivity index (χ4n) is 2.35. The molecule has 1 nitrogen and oxygen atoms in total. The molecule has 1 atom stereocenters. The van der Waals surface area contributed by atoms with Gasteiger partial charge >= 0.3 is 0 Å². The van der Waals surface area contributed by atoms with E-state index in [4.69, 9.17) is 4.43 Å². The Morgan fingerprint density at radius 1 is 1.00 bits per heavy atom. The van der Waals surface area contributed by atoms with Gasteiger partial charge in [-0.25, -0.2) is 0 Å². The first kappa shape index (κ1) is 21.4. The van der Waals surface area contributed by atoms with Crippen LogP contribution >= 0.6 is 0 Å². The van der Waals surface area contributed by atoms with Gasteiger partial charge in [-0.15, -0.1) is 0 Å². The van der Waals surface area contributed by atoms with Crippen molar-refractivity contribution in [3.8, 4) is 0 Å². The van der Waals surface area contributed by atoms with E-state index in [-0.39, 0.29) is 11.1 Å². The second-order valence-electron chi connectivity index (χ2n) is 9.48. The zero-order valence-electron chi connectivity index (χ0n) is 17.1. The number of unbranched alkanes of at least 4 members (excludes halogenated alkanes) is 1. The van der Waals surface area contributed by atoms with Crippen LogP contribution in [0.2, 0.25) is 37.8 Å². The van der Waals surface area contributed by atoms with Crippen molar-refractivity contribution >= 4 is 16.4 Å². The number of hydrogen-bond acceptors (Lipinski definition) is 1.